The summed E-state index contributed by atoms with van der Waals surface area (Å²) >= 11 is 0. The highest BCUT2D eigenvalue weighted by molar-refractivity contribution is 5.94. The van der Waals surface area contributed by atoms with E-state index in [1.165, 1.54) is 25.7 Å². The van der Waals surface area contributed by atoms with Crippen LogP contribution in [-0.2, 0) is 10.2 Å². The Morgan fingerprint density at radius 2 is 1.82 bits per heavy atom. The van der Waals surface area contributed by atoms with Crippen LogP contribution in [0, 0.1) is 0 Å². The number of aromatic amines is 1. The molecule has 0 aliphatic heterocycles. The van der Waals surface area contributed by atoms with E-state index in [0.717, 1.165) is 29.3 Å². The summed E-state index contributed by atoms with van der Waals surface area (Å²) in [6, 6.07) is 8.53. The van der Waals surface area contributed by atoms with Gasteiger partial charge in [0.15, 0.2) is 0 Å². The number of nitrogens with one attached hydrogen (secondary N) is 2. The molecule has 2 aromatic rings. The minimum atomic E-state index is -0.522. The van der Waals surface area contributed by atoms with E-state index in [4.69, 9.17) is 0 Å². The number of H-pyrrole nitrogens is 1. The van der Waals surface area contributed by atoms with Crippen LogP contribution in [0.3, 0.4) is 0 Å². The van der Waals surface area contributed by atoms with Crippen LogP contribution in [0.15, 0.2) is 30.5 Å². The van der Waals surface area contributed by atoms with Gasteiger partial charge in [-0.25, -0.2) is 0 Å². The second-order valence-corrected chi connectivity index (χ2v) is 7.03. The largest absolute Gasteiger partial charge is 0.361 e. The molecule has 0 atom stereocenters. The molecular weight excluding hydrogens is 272 g/mol. The van der Waals surface area contributed by atoms with Gasteiger partial charge >= 0.3 is 0 Å². The predicted molar refractivity (Wildman–Crippen MR) is 91.0 cm³/mol. The predicted octanol–water partition coefficient (Wildman–Crippen LogP) is 4.28. The van der Waals surface area contributed by atoms with Gasteiger partial charge in [0, 0.05) is 23.1 Å². The Kier molecular flexibility index (Phi) is 4.23. The van der Waals surface area contributed by atoms with Crippen LogP contribution in [0.2, 0.25) is 0 Å². The second kappa shape index (κ2) is 6.15. The fourth-order valence-corrected chi connectivity index (χ4v) is 3.50. The lowest BCUT2D eigenvalue weighted by Gasteiger charge is -2.27. The molecule has 1 aliphatic rings. The lowest BCUT2D eigenvalue weighted by Crippen LogP contribution is -2.45. The number of hydrogen-bond donors (Lipinski definition) is 2. The SMILES string of the molecule is CC(C)(C(=O)NC1CCCCCC1)c1c[nH]c2ccccc12. The van der Waals surface area contributed by atoms with Gasteiger partial charge in [0.25, 0.3) is 0 Å². The molecule has 1 saturated carbocycles. The first-order chi connectivity index (χ1) is 10.6. The summed E-state index contributed by atoms with van der Waals surface area (Å²) in [6.45, 7) is 4.04. The highest BCUT2D eigenvalue weighted by Gasteiger charge is 2.33. The minimum absolute atomic E-state index is 0.143. The van der Waals surface area contributed by atoms with Crippen molar-refractivity contribution in [1.82, 2.24) is 10.3 Å². The third kappa shape index (κ3) is 2.90. The molecule has 22 heavy (non-hydrogen) atoms. The van der Waals surface area contributed by atoms with E-state index in [9.17, 15) is 4.79 Å². The highest BCUT2D eigenvalue weighted by Crippen LogP contribution is 2.31. The number of hydrogen-bond acceptors (Lipinski definition) is 1. The monoisotopic (exact) mass is 298 g/mol. The Hall–Kier alpha value is -1.77. The molecule has 1 fully saturated rings. The van der Waals surface area contributed by atoms with Gasteiger partial charge in [-0.15, -0.1) is 0 Å². The van der Waals surface area contributed by atoms with E-state index in [-0.39, 0.29) is 5.91 Å². The fraction of sp³-hybridized carbons (Fsp3) is 0.526. The van der Waals surface area contributed by atoms with Crippen molar-refractivity contribution in [3.05, 3.63) is 36.0 Å². The van der Waals surface area contributed by atoms with Crippen LogP contribution in [0.5, 0.6) is 0 Å². The Labute approximate surface area is 132 Å². The van der Waals surface area contributed by atoms with Gasteiger partial charge in [-0.2, -0.15) is 0 Å². The van der Waals surface area contributed by atoms with Gasteiger partial charge < -0.3 is 10.3 Å². The highest BCUT2D eigenvalue weighted by atomic mass is 16.2. The second-order valence-electron chi connectivity index (χ2n) is 7.03. The van der Waals surface area contributed by atoms with E-state index in [1.807, 2.05) is 32.2 Å². The maximum atomic E-state index is 12.9. The molecule has 0 radical (unpaired) electrons. The first-order valence-corrected chi connectivity index (χ1v) is 8.46. The summed E-state index contributed by atoms with van der Waals surface area (Å²) in [5.74, 6) is 0.143. The van der Waals surface area contributed by atoms with Crippen LogP contribution < -0.4 is 5.32 Å². The summed E-state index contributed by atoms with van der Waals surface area (Å²) < 4.78 is 0. The van der Waals surface area contributed by atoms with Gasteiger partial charge in [0.05, 0.1) is 5.41 Å². The molecule has 0 unspecified atom stereocenters. The number of para-hydroxylation sites is 1. The van der Waals surface area contributed by atoms with Crippen molar-refractivity contribution in [2.24, 2.45) is 0 Å². The van der Waals surface area contributed by atoms with Crippen molar-refractivity contribution in [3.8, 4) is 0 Å². The molecule has 0 bridgehead atoms. The zero-order valence-corrected chi connectivity index (χ0v) is 13.6. The summed E-state index contributed by atoms with van der Waals surface area (Å²) in [4.78, 5) is 16.1. The van der Waals surface area contributed by atoms with E-state index in [0.29, 0.717) is 6.04 Å². The van der Waals surface area contributed by atoms with Crippen molar-refractivity contribution in [2.45, 2.75) is 63.8 Å². The number of aromatic nitrogens is 1. The average Bonchev–Trinajstić information content (AvgIpc) is 2.79. The number of rotatable bonds is 3. The van der Waals surface area contributed by atoms with Crippen LogP contribution in [0.4, 0.5) is 0 Å². The Morgan fingerprint density at radius 3 is 2.55 bits per heavy atom. The van der Waals surface area contributed by atoms with Crippen LogP contribution in [0.25, 0.3) is 10.9 Å². The van der Waals surface area contributed by atoms with E-state index >= 15 is 0 Å². The van der Waals surface area contributed by atoms with Crippen molar-refractivity contribution in [3.63, 3.8) is 0 Å². The molecule has 1 aliphatic carbocycles. The molecule has 1 heterocycles. The fourth-order valence-electron chi connectivity index (χ4n) is 3.50. The standard InChI is InChI=1S/C19H26N2O/c1-19(2,16-13-20-17-12-8-7-11-15(16)17)18(22)21-14-9-5-3-4-6-10-14/h7-8,11-14,20H,3-6,9-10H2,1-2H3,(H,21,22). The summed E-state index contributed by atoms with van der Waals surface area (Å²) in [7, 11) is 0. The zero-order valence-electron chi connectivity index (χ0n) is 13.6. The number of fused-ring (bicyclic) bond motifs is 1. The zero-order chi connectivity index (χ0) is 15.6. The number of carbonyl (C=O) groups excluding carboxylic acids is 1. The molecule has 1 aromatic heterocycles. The third-order valence-corrected chi connectivity index (χ3v) is 5.02. The lowest BCUT2D eigenvalue weighted by atomic mass is 9.83. The van der Waals surface area contributed by atoms with Crippen LogP contribution in [0.1, 0.15) is 57.9 Å². The third-order valence-electron chi connectivity index (χ3n) is 5.02. The quantitative estimate of drug-likeness (QED) is 0.816. The Balaban J connectivity index is 1.80. The maximum absolute atomic E-state index is 12.9. The molecule has 3 rings (SSSR count). The molecule has 2 N–H and O–H groups in total. The molecule has 0 spiro atoms. The average molecular weight is 298 g/mol. The Morgan fingerprint density at radius 1 is 1.14 bits per heavy atom. The van der Waals surface area contributed by atoms with Gasteiger partial charge in [-0.05, 0) is 38.3 Å². The summed E-state index contributed by atoms with van der Waals surface area (Å²) in [5, 5.41) is 4.44. The van der Waals surface area contributed by atoms with Gasteiger partial charge in [-0.3, -0.25) is 4.79 Å². The number of benzene rings is 1. The summed E-state index contributed by atoms with van der Waals surface area (Å²) in [5.41, 5.74) is 1.65. The van der Waals surface area contributed by atoms with Crippen LogP contribution >= 0.6 is 0 Å². The molecule has 0 saturated heterocycles. The normalized spacial score (nSPS) is 17.4. The maximum Gasteiger partial charge on any atom is 0.230 e. The first-order valence-electron chi connectivity index (χ1n) is 8.46. The van der Waals surface area contributed by atoms with E-state index in [2.05, 4.69) is 22.4 Å². The van der Waals surface area contributed by atoms with Crippen molar-refractivity contribution in [1.29, 1.82) is 0 Å². The Bertz CT molecular complexity index is 648. The van der Waals surface area contributed by atoms with Crippen molar-refractivity contribution in [2.75, 3.05) is 0 Å². The molecule has 3 heteroatoms. The number of carbonyl (C=O) groups is 1. The van der Waals surface area contributed by atoms with E-state index < -0.39 is 5.41 Å². The molecule has 3 nitrogen and oxygen atoms in total. The van der Waals surface area contributed by atoms with E-state index in [1.54, 1.807) is 0 Å². The van der Waals surface area contributed by atoms with Gasteiger partial charge in [0.2, 0.25) is 5.91 Å². The molecule has 118 valence electrons. The molecule has 1 amide bonds. The minimum Gasteiger partial charge on any atom is -0.361 e. The van der Waals surface area contributed by atoms with Crippen molar-refractivity contribution < 1.29 is 4.79 Å². The topological polar surface area (TPSA) is 44.9 Å². The van der Waals surface area contributed by atoms with Gasteiger partial charge in [0.1, 0.15) is 0 Å². The molecule has 1 aromatic carbocycles. The smallest absolute Gasteiger partial charge is 0.230 e. The van der Waals surface area contributed by atoms with Crippen LogP contribution in [-0.4, -0.2) is 16.9 Å². The number of amides is 1. The lowest BCUT2D eigenvalue weighted by molar-refractivity contribution is -0.126. The van der Waals surface area contributed by atoms with Crippen molar-refractivity contribution >= 4 is 16.8 Å². The van der Waals surface area contributed by atoms with Gasteiger partial charge in [-0.1, -0.05) is 43.9 Å². The first kappa shape index (κ1) is 15.1. The summed E-state index contributed by atoms with van der Waals surface area (Å²) in [6.07, 6.45) is 9.30. The molecular formula is C19H26N2O.